The van der Waals surface area contributed by atoms with E-state index in [0.29, 0.717) is 22.8 Å². The minimum atomic E-state index is -0.325. The Morgan fingerprint density at radius 3 is 2.52 bits per heavy atom. The fourth-order valence-electron chi connectivity index (χ4n) is 2.76. The number of aromatic nitrogens is 4. The topological polar surface area (TPSA) is 108 Å². The molecule has 4 rings (SSSR count). The molecule has 3 N–H and O–H groups in total. The van der Waals surface area contributed by atoms with Gasteiger partial charge in [0.15, 0.2) is 5.82 Å². The van der Waals surface area contributed by atoms with Gasteiger partial charge >= 0.3 is 5.69 Å². The number of hydrogen-bond acceptors (Lipinski definition) is 6. The largest absolute Gasteiger partial charge is 0.491 e. The summed E-state index contributed by atoms with van der Waals surface area (Å²) in [5, 5.41) is 13.1. The third-order valence-corrected chi connectivity index (χ3v) is 4.04. The van der Waals surface area contributed by atoms with E-state index < -0.39 is 0 Å². The maximum Gasteiger partial charge on any atom is 0.355 e. The predicted molar refractivity (Wildman–Crippen MR) is 101 cm³/mol. The van der Waals surface area contributed by atoms with Crippen LogP contribution in [0.1, 0.15) is 0 Å². The Bertz CT molecular complexity index is 1130. The number of fused-ring (bicyclic) bond motifs is 1. The van der Waals surface area contributed by atoms with Gasteiger partial charge in [-0.15, -0.1) is 5.10 Å². The van der Waals surface area contributed by atoms with Gasteiger partial charge < -0.3 is 15.6 Å². The maximum absolute atomic E-state index is 12.8. The monoisotopic (exact) mass is 363 g/mol. The van der Waals surface area contributed by atoms with Crippen LogP contribution in [-0.2, 0) is 0 Å². The van der Waals surface area contributed by atoms with Crippen LogP contribution < -0.4 is 16.2 Å². The van der Waals surface area contributed by atoms with E-state index in [1.807, 2.05) is 30.3 Å². The minimum Gasteiger partial charge on any atom is -0.491 e. The second-order valence-corrected chi connectivity index (χ2v) is 5.83. The van der Waals surface area contributed by atoms with Crippen molar-refractivity contribution >= 4 is 11.5 Å². The molecule has 0 spiro atoms. The van der Waals surface area contributed by atoms with E-state index in [4.69, 9.17) is 15.6 Å². The highest BCUT2D eigenvalue weighted by molar-refractivity contribution is 5.67. The smallest absolute Gasteiger partial charge is 0.355 e. The molecular formula is C19H17N5O3. The molecule has 0 atom stereocenters. The molecule has 8 nitrogen and oxygen atoms in total. The number of nitrogen functional groups attached to an aromatic ring is 1. The van der Waals surface area contributed by atoms with Crippen molar-refractivity contribution in [2.75, 3.05) is 18.9 Å². The molecule has 2 aromatic carbocycles. The first kappa shape index (κ1) is 16.8. The molecule has 0 aliphatic carbocycles. The van der Waals surface area contributed by atoms with Crippen molar-refractivity contribution < 1.29 is 9.84 Å². The van der Waals surface area contributed by atoms with Crippen LogP contribution in [-0.4, -0.2) is 37.5 Å². The average Bonchev–Trinajstić information content (AvgIpc) is 3.05. The summed E-state index contributed by atoms with van der Waals surface area (Å²) < 4.78 is 8.03. The summed E-state index contributed by atoms with van der Waals surface area (Å²) in [7, 11) is 0. The number of nitrogens with two attached hydrogens (primary N) is 1. The summed E-state index contributed by atoms with van der Waals surface area (Å²) in [6, 6.07) is 16.3. The lowest BCUT2D eigenvalue weighted by Crippen LogP contribution is -2.19. The Hall–Kier alpha value is -3.65. The Morgan fingerprint density at radius 1 is 1.07 bits per heavy atom. The number of rotatable bonds is 5. The van der Waals surface area contributed by atoms with E-state index >= 15 is 0 Å². The van der Waals surface area contributed by atoms with Crippen molar-refractivity contribution in [3.8, 4) is 22.7 Å². The first-order chi connectivity index (χ1) is 13.2. The number of aliphatic hydroxyl groups is 1. The van der Waals surface area contributed by atoms with E-state index in [-0.39, 0.29) is 24.7 Å². The van der Waals surface area contributed by atoms with Crippen LogP contribution >= 0.6 is 0 Å². The summed E-state index contributed by atoms with van der Waals surface area (Å²) in [5.74, 6) is 0.802. The van der Waals surface area contributed by atoms with E-state index in [2.05, 4.69) is 10.1 Å². The predicted octanol–water partition coefficient (Wildman–Crippen LogP) is 1.50. The van der Waals surface area contributed by atoms with Crippen molar-refractivity contribution in [3.63, 3.8) is 0 Å². The van der Waals surface area contributed by atoms with Gasteiger partial charge in [0.2, 0.25) is 5.65 Å². The van der Waals surface area contributed by atoms with Gasteiger partial charge in [0.1, 0.15) is 12.4 Å². The van der Waals surface area contributed by atoms with E-state index in [1.165, 1.54) is 9.08 Å². The second kappa shape index (κ2) is 6.93. The zero-order valence-electron chi connectivity index (χ0n) is 14.3. The van der Waals surface area contributed by atoms with Gasteiger partial charge in [-0.1, -0.05) is 18.2 Å². The molecule has 8 heteroatoms. The van der Waals surface area contributed by atoms with Crippen molar-refractivity contribution in [1.29, 1.82) is 0 Å². The van der Waals surface area contributed by atoms with Crippen LogP contribution in [0.3, 0.4) is 0 Å². The summed E-state index contributed by atoms with van der Waals surface area (Å²) >= 11 is 0. The van der Waals surface area contributed by atoms with Gasteiger partial charge in [-0.05, 0) is 36.4 Å². The molecule has 0 radical (unpaired) electrons. The second-order valence-electron chi connectivity index (χ2n) is 5.83. The first-order valence-corrected chi connectivity index (χ1v) is 8.35. The fourth-order valence-corrected chi connectivity index (χ4v) is 2.76. The van der Waals surface area contributed by atoms with Crippen LogP contribution in [0.5, 0.6) is 5.75 Å². The normalized spacial score (nSPS) is 11.0. The molecule has 0 saturated carbocycles. The van der Waals surface area contributed by atoms with Crippen LogP contribution in [0.2, 0.25) is 0 Å². The molecule has 2 aromatic heterocycles. The van der Waals surface area contributed by atoms with E-state index in [9.17, 15) is 4.79 Å². The molecule has 0 unspecified atom stereocenters. The zero-order chi connectivity index (χ0) is 18.8. The highest BCUT2D eigenvalue weighted by Crippen LogP contribution is 2.22. The molecule has 0 bridgehead atoms. The quantitative estimate of drug-likeness (QED) is 0.556. The van der Waals surface area contributed by atoms with Crippen LogP contribution in [0.25, 0.3) is 22.6 Å². The van der Waals surface area contributed by atoms with Crippen molar-refractivity contribution in [2.24, 2.45) is 0 Å². The Kier molecular flexibility index (Phi) is 4.31. The molecule has 4 aromatic rings. The van der Waals surface area contributed by atoms with Crippen molar-refractivity contribution in [2.45, 2.75) is 0 Å². The number of benzene rings is 2. The van der Waals surface area contributed by atoms with Crippen LogP contribution in [0.4, 0.5) is 5.82 Å². The summed E-state index contributed by atoms with van der Waals surface area (Å²) in [6.45, 7) is 0.176. The fraction of sp³-hybridized carbons (Fsp3) is 0.105. The highest BCUT2D eigenvalue weighted by Gasteiger charge is 2.14. The van der Waals surface area contributed by atoms with Gasteiger partial charge in [0, 0.05) is 11.8 Å². The van der Waals surface area contributed by atoms with E-state index in [0.717, 1.165) is 5.56 Å². The minimum absolute atomic E-state index is 0.0508. The lowest BCUT2D eigenvalue weighted by Gasteiger charge is -2.06. The molecule has 0 fully saturated rings. The van der Waals surface area contributed by atoms with Gasteiger partial charge in [-0.2, -0.15) is 4.68 Å². The van der Waals surface area contributed by atoms with Gasteiger partial charge in [-0.25, -0.2) is 14.2 Å². The van der Waals surface area contributed by atoms with E-state index in [1.54, 1.807) is 30.5 Å². The van der Waals surface area contributed by atoms with Crippen LogP contribution in [0, 0.1) is 0 Å². The highest BCUT2D eigenvalue weighted by atomic mass is 16.5. The Labute approximate surface area is 154 Å². The molecular weight excluding hydrogens is 346 g/mol. The standard InChI is InChI=1S/C19H17N5O3/c20-17-18-22-24(14-4-2-1-3-5-14)19(26)23(18)12-16(21-17)13-6-8-15(9-7-13)27-11-10-25/h1-9,12,25H,10-11H2,(H2,20,21). The number of hydrogen-bond donors (Lipinski definition) is 2. The van der Waals surface area contributed by atoms with Crippen molar-refractivity contribution in [1.82, 2.24) is 19.2 Å². The zero-order valence-corrected chi connectivity index (χ0v) is 14.3. The van der Waals surface area contributed by atoms with Crippen molar-refractivity contribution in [3.05, 3.63) is 71.3 Å². The lowest BCUT2D eigenvalue weighted by molar-refractivity contribution is 0.201. The molecule has 0 aliphatic heterocycles. The SMILES string of the molecule is Nc1nc(-c2ccc(OCCO)cc2)cn2c(=O)n(-c3ccccc3)nc12. The lowest BCUT2D eigenvalue weighted by atomic mass is 10.1. The maximum atomic E-state index is 12.8. The van der Waals surface area contributed by atoms with Gasteiger partial charge in [0.05, 0.1) is 18.0 Å². The first-order valence-electron chi connectivity index (χ1n) is 8.35. The molecule has 27 heavy (non-hydrogen) atoms. The third-order valence-electron chi connectivity index (χ3n) is 4.04. The number of aliphatic hydroxyl groups excluding tert-OH is 1. The Morgan fingerprint density at radius 2 is 1.81 bits per heavy atom. The number of anilines is 1. The summed E-state index contributed by atoms with van der Waals surface area (Å²) in [4.78, 5) is 17.1. The molecule has 0 aliphatic rings. The van der Waals surface area contributed by atoms with Gasteiger partial charge in [-0.3, -0.25) is 0 Å². The van der Waals surface area contributed by atoms with Gasteiger partial charge in [0.25, 0.3) is 0 Å². The summed E-state index contributed by atoms with van der Waals surface area (Å²) in [5.41, 5.74) is 8.00. The molecule has 2 heterocycles. The molecule has 0 saturated heterocycles. The number of nitrogens with zero attached hydrogens (tertiary/aromatic N) is 4. The van der Waals surface area contributed by atoms with Crippen LogP contribution in [0.15, 0.2) is 65.6 Å². The number of para-hydroxylation sites is 1. The molecule has 0 amide bonds. The molecule has 136 valence electrons. The summed E-state index contributed by atoms with van der Waals surface area (Å²) in [6.07, 6.45) is 1.62. The Balaban J connectivity index is 1.77. The third kappa shape index (κ3) is 3.13. The average molecular weight is 363 g/mol. The number of ether oxygens (including phenoxy) is 1.